The van der Waals surface area contributed by atoms with Gasteiger partial charge < -0.3 is 20.7 Å². The number of nitrogens with one attached hydrogen (secondary N) is 3. The zero-order valence-corrected chi connectivity index (χ0v) is 13.0. The summed E-state index contributed by atoms with van der Waals surface area (Å²) in [6, 6.07) is 9.25. The number of hydrogen-bond donors (Lipinski definition) is 3. The molecule has 0 aliphatic carbocycles. The smallest absolute Gasteiger partial charge is 0.319 e. The lowest BCUT2D eigenvalue weighted by Crippen LogP contribution is -2.28. The molecular weight excluding hydrogens is 313 g/mol. The van der Waals surface area contributed by atoms with E-state index >= 15 is 0 Å². The van der Waals surface area contributed by atoms with Gasteiger partial charge in [-0.2, -0.15) is 0 Å². The average molecular weight is 329 g/mol. The van der Waals surface area contributed by atoms with Crippen LogP contribution in [0.5, 0.6) is 5.75 Å². The van der Waals surface area contributed by atoms with Crippen molar-refractivity contribution in [2.24, 2.45) is 0 Å². The molecule has 6 nitrogen and oxygen atoms in total. The zero-order valence-electron chi connectivity index (χ0n) is 13.0. The molecular formula is C17H16FN3O3. The molecule has 0 atom stereocenters. The second-order valence-corrected chi connectivity index (χ2v) is 5.44. The summed E-state index contributed by atoms with van der Waals surface area (Å²) < 4.78 is 18.5. The van der Waals surface area contributed by atoms with E-state index in [2.05, 4.69) is 16.0 Å². The predicted molar refractivity (Wildman–Crippen MR) is 87.6 cm³/mol. The molecule has 24 heavy (non-hydrogen) atoms. The van der Waals surface area contributed by atoms with Gasteiger partial charge in [0, 0.05) is 18.3 Å². The van der Waals surface area contributed by atoms with Crippen molar-refractivity contribution < 1.29 is 18.7 Å². The molecule has 3 amide bonds. The summed E-state index contributed by atoms with van der Waals surface area (Å²) in [5.74, 6) is 0.0152. The molecule has 0 saturated carbocycles. The second-order valence-electron chi connectivity index (χ2n) is 5.44. The van der Waals surface area contributed by atoms with Crippen molar-refractivity contribution >= 4 is 23.3 Å². The maximum absolute atomic E-state index is 13.2. The molecule has 0 bridgehead atoms. The SMILES string of the molecule is Cc1cc(CNC(=O)Nc2ccc3c(c2)OCC(=O)N3)ccc1F. The van der Waals surface area contributed by atoms with E-state index in [0.29, 0.717) is 22.7 Å². The van der Waals surface area contributed by atoms with Gasteiger partial charge in [0.25, 0.3) is 5.91 Å². The lowest BCUT2D eigenvalue weighted by molar-refractivity contribution is -0.118. The number of halogens is 1. The quantitative estimate of drug-likeness (QED) is 0.810. The molecule has 3 N–H and O–H groups in total. The molecule has 7 heteroatoms. The number of ether oxygens (including phenoxy) is 1. The van der Waals surface area contributed by atoms with Crippen LogP contribution in [0.15, 0.2) is 36.4 Å². The predicted octanol–water partition coefficient (Wildman–Crippen LogP) is 2.79. The number of anilines is 2. The fourth-order valence-corrected chi connectivity index (χ4v) is 2.33. The number of urea groups is 1. The van der Waals surface area contributed by atoms with Crippen LogP contribution in [0.3, 0.4) is 0 Å². The summed E-state index contributed by atoms with van der Waals surface area (Å²) in [6.07, 6.45) is 0. The third-order valence-electron chi connectivity index (χ3n) is 3.55. The summed E-state index contributed by atoms with van der Waals surface area (Å²) >= 11 is 0. The van der Waals surface area contributed by atoms with Gasteiger partial charge in [-0.1, -0.05) is 12.1 Å². The monoisotopic (exact) mass is 329 g/mol. The minimum absolute atomic E-state index is 0.0490. The van der Waals surface area contributed by atoms with Crippen molar-refractivity contribution in [1.82, 2.24) is 5.32 Å². The van der Waals surface area contributed by atoms with Crippen molar-refractivity contribution in [3.05, 3.63) is 53.3 Å². The van der Waals surface area contributed by atoms with Crippen LogP contribution in [-0.2, 0) is 11.3 Å². The van der Waals surface area contributed by atoms with E-state index in [0.717, 1.165) is 5.56 Å². The average Bonchev–Trinajstić information content (AvgIpc) is 2.56. The number of rotatable bonds is 3. The lowest BCUT2D eigenvalue weighted by atomic mass is 10.1. The first-order valence-electron chi connectivity index (χ1n) is 7.38. The number of aryl methyl sites for hydroxylation is 1. The van der Waals surface area contributed by atoms with Crippen LogP contribution in [0.4, 0.5) is 20.6 Å². The van der Waals surface area contributed by atoms with Crippen molar-refractivity contribution in [2.45, 2.75) is 13.5 Å². The number of amides is 3. The molecule has 1 aliphatic heterocycles. The Hall–Kier alpha value is -3.09. The number of benzene rings is 2. The highest BCUT2D eigenvalue weighted by Crippen LogP contribution is 2.30. The van der Waals surface area contributed by atoms with Gasteiger partial charge in [-0.05, 0) is 36.2 Å². The largest absolute Gasteiger partial charge is 0.482 e. The molecule has 0 fully saturated rings. The van der Waals surface area contributed by atoms with Crippen LogP contribution in [0.25, 0.3) is 0 Å². The maximum Gasteiger partial charge on any atom is 0.319 e. The Morgan fingerprint density at radius 1 is 1.29 bits per heavy atom. The van der Waals surface area contributed by atoms with Crippen LogP contribution >= 0.6 is 0 Å². The van der Waals surface area contributed by atoms with Crippen molar-refractivity contribution in [2.75, 3.05) is 17.2 Å². The zero-order chi connectivity index (χ0) is 17.1. The number of carbonyl (C=O) groups excluding carboxylic acids is 2. The molecule has 124 valence electrons. The second kappa shape index (κ2) is 6.57. The fraction of sp³-hybridized carbons (Fsp3) is 0.176. The maximum atomic E-state index is 13.2. The first-order valence-corrected chi connectivity index (χ1v) is 7.38. The summed E-state index contributed by atoms with van der Waals surface area (Å²) in [7, 11) is 0. The molecule has 0 saturated heterocycles. The number of carbonyl (C=O) groups is 2. The lowest BCUT2D eigenvalue weighted by Gasteiger charge is -2.18. The molecule has 1 heterocycles. The number of fused-ring (bicyclic) bond motifs is 1. The Bertz CT molecular complexity index is 808. The third kappa shape index (κ3) is 3.62. The molecule has 0 spiro atoms. The number of hydrogen-bond acceptors (Lipinski definition) is 3. The Morgan fingerprint density at radius 3 is 2.92 bits per heavy atom. The van der Waals surface area contributed by atoms with E-state index in [9.17, 15) is 14.0 Å². The minimum atomic E-state index is -0.392. The highest BCUT2D eigenvalue weighted by molar-refractivity contribution is 5.96. The molecule has 0 unspecified atom stereocenters. The van der Waals surface area contributed by atoms with Gasteiger partial charge in [0.05, 0.1) is 5.69 Å². The van der Waals surface area contributed by atoms with E-state index in [1.807, 2.05) is 0 Å². The molecule has 0 aromatic heterocycles. The van der Waals surface area contributed by atoms with E-state index < -0.39 is 6.03 Å². The van der Waals surface area contributed by atoms with Crippen LogP contribution in [0.2, 0.25) is 0 Å². The van der Waals surface area contributed by atoms with Crippen LogP contribution in [0.1, 0.15) is 11.1 Å². The van der Waals surface area contributed by atoms with E-state index in [4.69, 9.17) is 4.74 Å². The van der Waals surface area contributed by atoms with Gasteiger partial charge in [0.1, 0.15) is 11.6 Å². The Balaban J connectivity index is 1.58. The van der Waals surface area contributed by atoms with Crippen molar-refractivity contribution in [1.29, 1.82) is 0 Å². The highest BCUT2D eigenvalue weighted by atomic mass is 19.1. The molecule has 0 radical (unpaired) electrons. The fourth-order valence-electron chi connectivity index (χ4n) is 2.33. The molecule has 2 aromatic carbocycles. The first-order chi connectivity index (χ1) is 11.5. The Morgan fingerprint density at radius 2 is 2.12 bits per heavy atom. The first kappa shape index (κ1) is 15.8. The van der Waals surface area contributed by atoms with Gasteiger partial charge in [0.15, 0.2) is 6.61 Å². The van der Waals surface area contributed by atoms with Crippen molar-refractivity contribution in [3.8, 4) is 5.75 Å². The minimum Gasteiger partial charge on any atom is -0.482 e. The van der Waals surface area contributed by atoms with Gasteiger partial charge in [0.2, 0.25) is 0 Å². The van der Waals surface area contributed by atoms with E-state index in [1.165, 1.54) is 6.07 Å². The van der Waals surface area contributed by atoms with E-state index in [1.54, 1.807) is 37.3 Å². The van der Waals surface area contributed by atoms with Gasteiger partial charge in [-0.3, -0.25) is 4.79 Å². The van der Waals surface area contributed by atoms with Crippen LogP contribution in [-0.4, -0.2) is 18.5 Å². The Kier molecular flexibility index (Phi) is 4.33. The van der Waals surface area contributed by atoms with Crippen LogP contribution < -0.4 is 20.7 Å². The van der Waals surface area contributed by atoms with Gasteiger partial charge in [-0.25, -0.2) is 9.18 Å². The summed E-state index contributed by atoms with van der Waals surface area (Å²) in [6.45, 7) is 1.90. The molecule has 2 aromatic rings. The summed E-state index contributed by atoms with van der Waals surface area (Å²) in [4.78, 5) is 23.2. The van der Waals surface area contributed by atoms with E-state index in [-0.39, 0.29) is 24.9 Å². The van der Waals surface area contributed by atoms with Crippen LogP contribution in [0, 0.1) is 12.7 Å². The van der Waals surface area contributed by atoms with Gasteiger partial charge in [-0.15, -0.1) is 0 Å². The normalized spacial score (nSPS) is 12.7. The molecule has 1 aliphatic rings. The topological polar surface area (TPSA) is 79.5 Å². The summed E-state index contributed by atoms with van der Waals surface area (Å²) in [5.41, 5.74) is 2.45. The van der Waals surface area contributed by atoms with Gasteiger partial charge >= 0.3 is 6.03 Å². The third-order valence-corrected chi connectivity index (χ3v) is 3.55. The highest BCUT2D eigenvalue weighted by Gasteiger charge is 2.16. The van der Waals surface area contributed by atoms with Crippen molar-refractivity contribution in [3.63, 3.8) is 0 Å². The molecule has 3 rings (SSSR count). The summed E-state index contributed by atoms with van der Waals surface area (Å²) in [5, 5.41) is 8.05. The standard InChI is InChI=1S/C17H16FN3O3/c1-10-6-11(2-4-13(10)18)8-19-17(23)20-12-3-5-14-15(7-12)24-9-16(22)21-14/h2-7H,8-9H2,1H3,(H,21,22)(H2,19,20,23). The Labute approximate surface area is 138 Å².